The van der Waals surface area contributed by atoms with Crippen LogP contribution in [0.25, 0.3) is 64.3 Å². The lowest BCUT2D eigenvalue weighted by atomic mass is 9.91. The molecule has 0 saturated heterocycles. The summed E-state index contributed by atoms with van der Waals surface area (Å²) in [4.78, 5) is 2.48. The normalized spacial score (nSPS) is 11.3. The molecule has 0 spiro atoms. The standard InChI is InChI=1S/C46H31NS/c1-4-15-32(16-5-1)34-27-29-37(30-28-34)47(38-22-14-21-36(31-38)33-17-6-2-7-18-33)45-39-23-10-11-24-40(39)46-44(41-25-12-13-26-42(41)48-46)43(45)35-19-8-3-9-20-35/h1-31H. The van der Waals surface area contributed by atoms with E-state index in [1.54, 1.807) is 0 Å². The fourth-order valence-electron chi connectivity index (χ4n) is 7.04. The van der Waals surface area contributed by atoms with Crippen LogP contribution < -0.4 is 4.90 Å². The summed E-state index contributed by atoms with van der Waals surface area (Å²) in [5, 5.41) is 5.10. The third-order valence-corrected chi connectivity index (χ3v) is 10.4. The van der Waals surface area contributed by atoms with E-state index in [9.17, 15) is 0 Å². The SMILES string of the molecule is c1ccc(-c2ccc(N(c3cccc(-c4ccccc4)c3)c3c(-c4ccccc4)c4c5ccccc5sc4c4ccccc34)cc2)cc1. The van der Waals surface area contributed by atoms with Gasteiger partial charge in [-0.15, -0.1) is 11.3 Å². The maximum absolute atomic E-state index is 2.48. The molecule has 2 heteroatoms. The monoisotopic (exact) mass is 629 g/mol. The number of benzene rings is 8. The number of thiophene rings is 1. The molecule has 0 unspecified atom stereocenters. The van der Waals surface area contributed by atoms with Crippen molar-refractivity contribution in [2.24, 2.45) is 0 Å². The summed E-state index contributed by atoms with van der Waals surface area (Å²) < 4.78 is 2.63. The lowest BCUT2D eigenvalue weighted by Gasteiger charge is -2.30. The molecular formula is C46H31NS. The van der Waals surface area contributed by atoms with Crippen molar-refractivity contribution in [1.82, 2.24) is 0 Å². The van der Waals surface area contributed by atoms with Crippen molar-refractivity contribution in [3.05, 3.63) is 188 Å². The molecule has 0 aliphatic carbocycles. The predicted molar refractivity (Wildman–Crippen MR) is 208 cm³/mol. The van der Waals surface area contributed by atoms with Crippen molar-refractivity contribution < 1.29 is 0 Å². The summed E-state index contributed by atoms with van der Waals surface area (Å²) >= 11 is 1.89. The van der Waals surface area contributed by atoms with Crippen LogP contribution in [0.15, 0.2) is 188 Å². The Morgan fingerprint density at radius 3 is 1.56 bits per heavy atom. The highest BCUT2D eigenvalue weighted by molar-refractivity contribution is 7.26. The number of nitrogens with zero attached hydrogens (tertiary/aromatic N) is 1. The van der Waals surface area contributed by atoms with Crippen LogP contribution in [0.5, 0.6) is 0 Å². The fourth-order valence-corrected chi connectivity index (χ4v) is 8.29. The lowest BCUT2D eigenvalue weighted by Crippen LogP contribution is -2.12. The van der Waals surface area contributed by atoms with Gasteiger partial charge in [0.05, 0.1) is 5.69 Å². The molecule has 0 radical (unpaired) electrons. The van der Waals surface area contributed by atoms with Gasteiger partial charge in [-0.25, -0.2) is 0 Å². The summed E-state index contributed by atoms with van der Waals surface area (Å²) in [6, 6.07) is 68.1. The first-order chi connectivity index (χ1) is 23.8. The minimum atomic E-state index is 1.11. The van der Waals surface area contributed by atoms with E-state index in [1.807, 2.05) is 11.3 Å². The van der Waals surface area contributed by atoms with Gasteiger partial charge in [-0.3, -0.25) is 0 Å². The van der Waals surface area contributed by atoms with Gasteiger partial charge in [0.2, 0.25) is 0 Å². The number of hydrogen-bond donors (Lipinski definition) is 0. The van der Waals surface area contributed by atoms with E-state index >= 15 is 0 Å². The quantitative estimate of drug-likeness (QED) is 0.177. The van der Waals surface area contributed by atoms with E-state index in [0.29, 0.717) is 0 Å². The summed E-state index contributed by atoms with van der Waals surface area (Å²) in [5.74, 6) is 0. The van der Waals surface area contributed by atoms with Gasteiger partial charge in [0.25, 0.3) is 0 Å². The highest BCUT2D eigenvalue weighted by atomic mass is 32.1. The molecule has 1 aromatic heterocycles. The molecule has 0 aliphatic rings. The van der Waals surface area contributed by atoms with E-state index in [2.05, 4.69) is 193 Å². The zero-order valence-electron chi connectivity index (χ0n) is 26.3. The van der Waals surface area contributed by atoms with Gasteiger partial charge in [0.15, 0.2) is 0 Å². The first-order valence-corrected chi connectivity index (χ1v) is 17.2. The number of anilines is 3. The number of rotatable bonds is 6. The molecule has 0 N–H and O–H groups in total. The van der Waals surface area contributed by atoms with Crippen molar-refractivity contribution >= 4 is 59.3 Å². The van der Waals surface area contributed by atoms with Gasteiger partial charge in [0.1, 0.15) is 0 Å². The smallest absolute Gasteiger partial charge is 0.0625 e. The van der Waals surface area contributed by atoms with Crippen LogP contribution in [-0.2, 0) is 0 Å². The Labute approximate surface area is 284 Å². The van der Waals surface area contributed by atoms with Crippen molar-refractivity contribution in [3.8, 4) is 33.4 Å². The largest absolute Gasteiger partial charge is 0.309 e. The van der Waals surface area contributed by atoms with Gasteiger partial charge >= 0.3 is 0 Å². The van der Waals surface area contributed by atoms with Crippen molar-refractivity contribution in [2.45, 2.75) is 0 Å². The maximum Gasteiger partial charge on any atom is 0.0625 e. The van der Waals surface area contributed by atoms with Crippen LogP contribution in [0.1, 0.15) is 0 Å². The minimum absolute atomic E-state index is 1.11. The molecule has 0 aliphatic heterocycles. The first-order valence-electron chi connectivity index (χ1n) is 16.4. The fraction of sp³-hybridized carbons (Fsp3) is 0. The topological polar surface area (TPSA) is 3.24 Å². The van der Waals surface area contributed by atoms with Crippen LogP contribution in [-0.4, -0.2) is 0 Å². The van der Waals surface area contributed by atoms with E-state index in [-0.39, 0.29) is 0 Å². The zero-order valence-corrected chi connectivity index (χ0v) is 27.1. The molecular weight excluding hydrogens is 599 g/mol. The molecule has 8 aromatic carbocycles. The average Bonchev–Trinajstić information content (AvgIpc) is 3.56. The molecule has 1 nitrogen and oxygen atoms in total. The molecule has 9 rings (SSSR count). The van der Waals surface area contributed by atoms with Gasteiger partial charge in [-0.1, -0.05) is 158 Å². The van der Waals surface area contributed by atoms with Crippen molar-refractivity contribution in [2.75, 3.05) is 4.90 Å². The molecule has 0 bridgehead atoms. The van der Waals surface area contributed by atoms with Gasteiger partial charge in [-0.2, -0.15) is 0 Å². The molecule has 0 atom stereocenters. The maximum atomic E-state index is 2.48. The van der Waals surface area contributed by atoms with Crippen LogP contribution in [0.2, 0.25) is 0 Å². The Balaban J connectivity index is 1.40. The van der Waals surface area contributed by atoms with Gasteiger partial charge in [-0.05, 0) is 58.1 Å². The average molecular weight is 630 g/mol. The lowest BCUT2D eigenvalue weighted by molar-refractivity contribution is 1.30. The zero-order chi connectivity index (χ0) is 31.9. The second-order valence-electron chi connectivity index (χ2n) is 12.1. The Bertz CT molecular complexity index is 2530. The summed E-state index contributed by atoms with van der Waals surface area (Å²) in [5.41, 5.74) is 10.7. The van der Waals surface area contributed by atoms with Gasteiger partial charge in [0, 0.05) is 47.9 Å². The van der Waals surface area contributed by atoms with Crippen molar-refractivity contribution in [1.29, 1.82) is 0 Å². The number of fused-ring (bicyclic) bond motifs is 5. The van der Waals surface area contributed by atoms with E-state index in [4.69, 9.17) is 0 Å². The number of hydrogen-bond acceptors (Lipinski definition) is 2. The van der Waals surface area contributed by atoms with Gasteiger partial charge < -0.3 is 4.90 Å². The van der Waals surface area contributed by atoms with E-state index in [0.717, 1.165) is 11.4 Å². The molecule has 9 aromatic rings. The first kappa shape index (κ1) is 28.3. The summed E-state index contributed by atoms with van der Waals surface area (Å²) in [6.45, 7) is 0. The van der Waals surface area contributed by atoms with E-state index < -0.39 is 0 Å². The van der Waals surface area contributed by atoms with Crippen LogP contribution in [0.3, 0.4) is 0 Å². The Morgan fingerprint density at radius 2 is 0.875 bits per heavy atom. The van der Waals surface area contributed by atoms with Crippen molar-refractivity contribution in [3.63, 3.8) is 0 Å². The summed E-state index contributed by atoms with van der Waals surface area (Å²) in [6.07, 6.45) is 0. The molecule has 0 fully saturated rings. The van der Waals surface area contributed by atoms with Crippen LogP contribution >= 0.6 is 11.3 Å². The molecule has 0 saturated carbocycles. The highest BCUT2D eigenvalue weighted by Gasteiger charge is 2.26. The molecule has 0 amide bonds. The summed E-state index contributed by atoms with van der Waals surface area (Å²) in [7, 11) is 0. The minimum Gasteiger partial charge on any atom is -0.309 e. The van der Waals surface area contributed by atoms with E-state index in [1.165, 1.54) is 70.0 Å². The second-order valence-corrected chi connectivity index (χ2v) is 13.2. The molecule has 226 valence electrons. The third-order valence-electron chi connectivity index (χ3n) is 9.24. The Kier molecular flexibility index (Phi) is 7.07. The predicted octanol–water partition coefficient (Wildman–Crippen LogP) is 13.7. The second kappa shape index (κ2) is 12.0. The highest BCUT2D eigenvalue weighted by Crippen LogP contribution is 2.53. The Morgan fingerprint density at radius 1 is 0.354 bits per heavy atom. The third kappa shape index (κ3) is 4.86. The molecule has 48 heavy (non-hydrogen) atoms. The van der Waals surface area contributed by atoms with Crippen LogP contribution in [0, 0.1) is 0 Å². The Hall–Kier alpha value is -5.96. The molecule has 1 heterocycles. The van der Waals surface area contributed by atoms with Crippen LogP contribution in [0.4, 0.5) is 17.1 Å².